The second-order valence-electron chi connectivity index (χ2n) is 10.4. The molecule has 2 saturated heterocycles. The van der Waals surface area contributed by atoms with Gasteiger partial charge in [0.05, 0.1) is 24.3 Å². The van der Waals surface area contributed by atoms with Gasteiger partial charge in [-0.2, -0.15) is 5.26 Å². The van der Waals surface area contributed by atoms with Gasteiger partial charge in [0.2, 0.25) is 0 Å². The number of carbonyl (C=O) groups is 1. The van der Waals surface area contributed by atoms with E-state index >= 15 is 0 Å². The lowest BCUT2D eigenvalue weighted by Crippen LogP contribution is -2.59. The van der Waals surface area contributed by atoms with Crippen molar-refractivity contribution in [3.63, 3.8) is 0 Å². The van der Waals surface area contributed by atoms with Crippen molar-refractivity contribution in [1.29, 1.82) is 5.26 Å². The molecule has 2 aliphatic heterocycles. The molecule has 2 fully saturated rings. The van der Waals surface area contributed by atoms with Crippen molar-refractivity contribution in [2.45, 2.75) is 55.7 Å². The quantitative estimate of drug-likeness (QED) is 0.502. The fourth-order valence-electron chi connectivity index (χ4n) is 6.75. The zero-order valence-electron chi connectivity index (χ0n) is 20.9. The highest BCUT2D eigenvalue weighted by molar-refractivity contribution is 5.79. The van der Waals surface area contributed by atoms with E-state index in [4.69, 9.17) is 9.47 Å². The highest BCUT2D eigenvalue weighted by Crippen LogP contribution is 2.47. The van der Waals surface area contributed by atoms with Crippen LogP contribution in [-0.2, 0) is 10.3 Å². The molecular formula is C31H30N2O4. The zero-order valence-corrected chi connectivity index (χ0v) is 20.9. The molecule has 0 spiro atoms. The van der Waals surface area contributed by atoms with Gasteiger partial charge < -0.3 is 19.5 Å². The Hall–Kier alpha value is -3.82. The van der Waals surface area contributed by atoms with Gasteiger partial charge in [0.25, 0.3) is 0 Å². The molecule has 3 aromatic carbocycles. The molecule has 6 rings (SSSR count). The lowest BCUT2D eigenvalue weighted by atomic mass is 9.71. The number of nitriles is 1. The number of methoxy groups -OCH3 is 1. The van der Waals surface area contributed by atoms with E-state index in [-0.39, 0.29) is 30.7 Å². The normalized spacial score (nSPS) is 24.1. The Kier molecular flexibility index (Phi) is 5.89. The van der Waals surface area contributed by atoms with E-state index in [1.54, 1.807) is 25.3 Å². The Bertz CT molecular complexity index is 1330. The first kappa shape index (κ1) is 23.6. The average molecular weight is 495 g/mol. The Morgan fingerprint density at radius 3 is 2.24 bits per heavy atom. The Morgan fingerprint density at radius 1 is 1.03 bits per heavy atom. The predicted octanol–water partition coefficient (Wildman–Crippen LogP) is 5.72. The number of carbonyl (C=O) groups excluding carboxylic acids is 1. The molecule has 2 unspecified atom stereocenters. The maximum Gasteiger partial charge on any atom is 0.410 e. The highest BCUT2D eigenvalue weighted by Gasteiger charge is 2.49. The van der Waals surface area contributed by atoms with Gasteiger partial charge in [0.15, 0.2) is 0 Å². The van der Waals surface area contributed by atoms with Crippen LogP contribution in [-0.4, -0.2) is 41.9 Å². The first-order valence-corrected chi connectivity index (χ1v) is 13.0. The van der Waals surface area contributed by atoms with Gasteiger partial charge in [-0.1, -0.05) is 48.5 Å². The van der Waals surface area contributed by atoms with E-state index < -0.39 is 5.60 Å². The minimum Gasteiger partial charge on any atom is -0.497 e. The maximum absolute atomic E-state index is 13.5. The minimum atomic E-state index is -1.20. The predicted molar refractivity (Wildman–Crippen MR) is 139 cm³/mol. The largest absolute Gasteiger partial charge is 0.497 e. The Morgan fingerprint density at radius 2 is 1.65 bits per heavy atom. The average Bonchev–Trinajstić information content (AvgIpc) is 3.24. The molecule has 0 saturated carbocycles. The van der Waals surface area contributed by atoms with Crippen LogP contribution in [0.4, 0.5) is 4.79 Å². The summed E-state index contributed by atoms with van der Waals surface area (Å²) < 4.78 is 11.4. The number of nitrogens with zero attached hydrogens (tertiary/aromatic N) is 2. The number of fused-ring (bicyclic) bond motifs is 5. The van der Waals surface area contributed by atoms with Crippen molar-refractivity contribution < 1.29 is 19.4 Å². The van der Waals surface area contributed by atoms with Gasteiger partial charge in [-0.3, -0.25) is 0 Å². The SMILES string of the molecule is COc1ccc(C#N)c(C2(O)CC3CCCC(C2)N3C(=O)OCC2c3ccccc3-c3ccccc32)c1. The Balaban J connectivity index is 1.22. The number of hydrogen-bond donors (Lipinski definition) is 1. The van der Waals surface area contributed by atoms with Crippen molar-refractivity contribution >= 4 is 6.09 Å². The third kappa shape index (κ3) is 3.95. The van der Waals surface area contributed by atoms with Crippen LogP contribution in [0.5, 0.6) is 5.75 Å². The summed E-state index contributed by atoms with van der Waals surface area (Å²) >= 11 is 0. The molecule has 3 aliphatic rings. The molecular weight excluding hydrogens is 464 g/mol. The van der Waals surface area contributed by atoms with Crippen LogP contribution in [0.2, 0.25) is 0 Å². The molecule has 2 atom stereocenters. The number of ether oxygens (including phenoxy) is 2. The second-order valence-corrected chi connectivity index (χ2v) is 10.4. The van der Waals surface area contributed by atoms with Crippen molar-refractivity contribution in [2.24, 2.45) is 0 Å². The van der Waals surface area contributed by atoms with E-state index in [0.717, 1.165) is 19.3 Å². The summed E-state index contributed by atoms with van der Waals surface area (Å²) in [4.78, 5) is 15.4. The van der Waals surface area contributed by atoms with Crippen molar-refractivity contribution in [3.05, 3.63) is 89.0 Å². The number of piperidine rings is 2. The van der Waals surface area contributed by atoms with Gasteiger partial charge >= 0.3 is 6.09 Å². The summed E-state index contributed by atoms with van der Waals surface area (Å²) in [6, 6.07) is 23.7. The van der Waals surface area contributed by atoms with Crippen LogP contribution in [0.3, 0.4) is 0 Å². The standard InChI is InChI=1S/C31H30N2O4/c1-36-23-14-13-20(18-32)29(15-23)31(35)16-21-7-6-8-22(17-31)33(21)30(34)37-19-28-26-11-4-2-9-24(26)25-10-3-5-12-27(25)28/h2-5,9-15,21-22,28,35H,6-8,16-17,19H2,1H3. The molecule has 2 bridgehead atoms. The first-order chi connectivity index (χ1) is 18.0. The van der Waals surface area contributed by atoms with Gasteiger partial charge in [0, 0.05) is 36.4 Å². The third-order valence-electron chi connectivity index (χ3n) is 8.40. The number of benzene rings is 3. The molecule has 0 aromatic heterocycles. The van der Waals surface area contributed by atoms with Gasteiger partial charge in [-0.25, -0.2) is 4.79 Å². The molecule has 6 nitrogen and oxygen atoms in total. The van der Waals surface area contributed by atoms with Crippen molar-refractivity contribution in [3.8, 4) is 22.9 Å². The monoisotopic (exact) mass is 494 g/mol. The minimum absolute atomic E-state index is 0.00730. The summed E-state index contributed by atoms with van der Waals surface area (Å²) in [7, 11) is 1.57. The molecule has 0 radical (unpaired) electrons. The summed E-state index contributed by atoms with van der Waals surface area (Å²) in [6.45, 7) is 0.279. The van der Waals surface area contributed by atoms with Crippen LogP contribution in [0, 0.1) is 11.3 Å². The van der Waals surface area contributed by atoms with E-state index in [1.807, 2.05) is 29.2 Å². The molecule has 3 aromatic rings. The van der Waals surface area contributed by atoms with Crippen LogP contribution in [0.25, 0.3) is 11.1 Å². The number of aliphatic hydroxyl groups is 1. The summed E-state index contributed by atoms with van der Waals surface area (Å²) in [5.41, 5.74) is 4.60. The molecule has 6 heteroatoms. The molecule has 1 amide bonds. The van der Waals surface area contributed by atoms with Gasteiger partial charge in [0.1, 0.15) is 12.4 Å². The number of hydrogen-bond acceptors (Lipinski definition) is 5. The fourth-order valence-corrected chi connectivity index (χ4v) is 6.75. The maximum atomic E-state index is 13.5. The van der Waals surface area contributed by atoms with Gasteiger partial charge in [-0.05, 0) is 59.7 Å². The third-order valence-corrected chi connectivity index (χ3v) is 8.40. The smallest absolute Gasteiger partial charge is 0.410 e. The van der Waals surface area contributed by atoms with E-state index in [1.165, 1.54) is 22.3 Å². The van der Waals surface area contributed by atoms with Crippen LogP contribution in [0.15, 0.2) is 66.7 Å². The Labute approximate surface area is 217 Å². The van der Waals surface area contributed by atoms with E-state index in [2.05, 4.69) is 30.3 Å². The van der Waals surface area contributed by atoms with Crippen molar-refractivity contribution in [2.75, 3.05) is 13.7 Å². The topological polar surface area (TPSA) is 82.8 Å². The van der Waals surface area contributed by atoms with Crippen molar-refractivity contribution in [1.82, 2.24) is 4.90 Å². The molecule has 1 aliphatic carbocycles. The zero-order chi connectivity index (χ0) is 25.6. The molecule has 37 heavy (non-hydrogen) atoms. The van der Waals surface area contributed by atoms with Crippen LogP contribution < -0.4 is 4.74 Å². The lowest BCUT2D eigenvalue weighted by molar-refractivity contribution is -0.0892. The van der Waals surface area contributed by atoms with Gasteiger partial charge in [-0.15, -0.1) is 0 Å². The number of amides is 1. The highest BCUT2D eigenvalue weighted by atomic mass is 16.6. The molecule has 188 valence electrons. The summed E-state index contributed by atoms with van der Waals surface area (Å²) in [5.74, 6) is 0.611. The summed E-state index contributed by atoms with van der Waals surface area (Å²) in [6.07, 6.45) is 3.03. The van der Waals surface area contributed by atoms with Crippen LogP contribution >= 0.6 is 0 Å². The molecule has 1 N–H and O–H groups in total. The van der Waals surface area contributed by atoms with E-state index in [9.17, 15) is 15.2 Å². The van der Waals surface area contributed by atoms with Crippen LogP contribution in [0.1, 0.15) is 60.3 Å². The number of rotatable bonds is 4. The van der Waals surface area contributed by atoms with E-state index in [0.29, 0.717) is 29.7 Å². The second kappa shape index (κ2) is 9.24. The fraction of sp³-hybridized carbons (Fsp3) is 0.355. The first-order valence-electron chi connectivity index (χ1n) is 13.0. The molecule has 2 heterocycles. The lowest BCUT2D eigenvalue weighted by Gasteiger charge is -2.51. The summed E-state index contributed by atoms with van der Waals surface area (Å²) in [5, 5.41) is 21.5.